The Morgan fingerprint density at radius 2 is 1.97 bits per heavy atom. The summed E-state index contributed by atoms with van der Waals surface area (Å²) in [7, 11) is -4.00. The van der Waals surface area contributed by atoms with Gasteiger partial charge in [-0.2, -0.15) is 5.10 Å². The average molecular weight is 539 g/mol. The summed E-state index contributed by atoms with van der Waals surface area (Å²) in [5.74, 6) is 0.370. The average Bonchev–Trinajstić information content (AvgIpc) is 3.50. The zero-order valence-electron chi connectivity index (χ0n) is 21.4. The van der Waals surface area contributed by atoms with Crippen molar-refractivity contribution in [3.8, 4) is 0 Å². The van der Waals surface area contributed by atoms with E-state index in [2.05, 4.69) is 25.1 Å². The second-order valence-electron chi connectivity index (χ2n) is 11.0. The lowest BCUT2D eigenvalue weighted by atomic mass is 10.0. The predicted molar refractivity (Wildman–Crippen MR) is 144 cm³/mol. The van der Waals surface area contributed by atoms with Crippen LogP contribution in [0, 0.1) is 0 Å². The number of halogens is 1. The number of alkyl halides is 1. The van der Waals surface area contributed by atoms with Gasteiger partial charge in [0.1, 0.15) is 11.2 Å². The molecule has 0 aliphatic heterocycles. The molecule has 0 unspecified atom stereocenters. The number of fused-ring (bicyclic) bond motifs is 3. The minimum atomic E-state index is -4.00. The van der Waals surface area contributed by atoms with Gasteiger partial charge in [-0.15, -0.1) is 0 Å². The topological polar surface area (TPSA) is 122 Å². The Bertz CT molecular complexity index is 1640. The second kappa shape index (κ2) is 9.25. The lowest BCUT2D eigenvalue weighted by Gasteiger charge is -2.18. The van der Waals surface area contributed by atoms with Crippen LogP contribution in [0.2, 0.25) is 0 Å². The number of aromatic nitrogens is 4. The molecular formula is C27H31FN6O3S. The van der Waals surface area contributed by atoms with E-state index in [1.807, 2.05) is 18.3 Å². The number of benzene rings is 1. The van der Waals surface area contributed by atoms with E-state index in [0.717, 1.165) is 46.1 Å². The van der Waals surface area contributed by atoms with E-state index in [0.29, 0.717) is 36.2 Å². The molecule has 0 radical (unpaired) electrons. The molecule has 0 saturated heterocycles. The van der Waals surface area contributed by atoms with Gasteiger partial charge in [0.15, 0.2) is 0 Å². The normalized spacial score (nSPS) is 17.8. The van der Waals surface area contributed by atoms with Gasteiger partial charge < -0.3 is 10.4 Å². The molecule has 4 aromatic rings. The van der Waals surface area contributed by atoms with Crippen molar-refractivity contribution < 1.29 is 17.9 Å². The van der Waals surface area contributed by atoms with Gasteiger partial charge in [0, 0.05) is 52.8 Å². The van der Waals surface area contributed by atoms with Crippen LogP contribution < -0.4 is 10.0 Å². The Balaban J connectivity index is 1.39. The van der Waals surface area contributed by atoms with Gasteiger partial charge in [0.2, 0.25) is 10.0 Å². The minimum absolute atomic E-state index is 0.0160. The molecule has 0 amide bonds. The summed E-state index contributed by atoms with van der Waals surface area (Å²) < 4.78 is 45.9. The molecule has 2 aliphatic carbocycles. The third kappa shape index (κ3) is 4.85. The van der Waals surface area contributed by atoms with Gasteiger partial charge in [-0.25, -0.2) is 17.5 Å². The summed E-state index contributed by atoms with van der Waals surface area (Å²) >= 11 is 0. The van der Waals surface area contributed by atoms with E-state index in [4.69, 9.17) is 0 Å². The fourth-order valence-corrected chi connectivity index (χ4v) is 6.94. The first-order chi connectivity index (χ1) is 18.1. The fourth-order valence-electron chi connectivity index (χ4n) is 5.26. The van der Waals surface area contributed by atoms with Crippen LogP contribution in [-0.4, -0.2) is 58.1 Å². The van der Waals surface area contributed by atoms with Crippen LogP contribution in [0.15, 0.2) is 41.8 Å². The standard InChI is InChI=1S/C27H31FN6O3S/c1-27(2,28)15-31-38(36,37)26-20-9-19(32-24-12-29-13-25-22(24)14-34(33-25)5-6-35)8-17(20)7-18-11-30-23(10-21(18)26)16-3-4-16/h7,10-14,16,19,31-32,35H,3-6,8-9,15H2,1-2H3/t19-/m1/s1. The number of nitrogens with zero attached hydrogens (tertiary/aromatic N) is 4. The number of aliphatic hydroxyl groups excluding tert-OH is 1. The van der Waals surface area contributed by atoms with Crippen molar-refractivity contribution in [3.05, 3.63) is 53.7 Å². The molecule has 3 aromatic heterocycles. The van der Waals surface area contributed by atoms with Gasteiger partial charge in [-0.1, -0.05) is 0 Å². The van der Waals surface area contributed by atoms with E-state index in [1.54, 1.807) is 23.3 Å². The quantitative estimate of drug-likeness (QED) is 0.298. The third-order valence-corrected chi connectivity index (χ3v) is 8.75. The van der Waals surface area contributed by atoms with E-state index in [1.165, 1.54) is 13.8 Å². The monoisotopic (exact) mass is 538 g/mol. The number of pyridine rings is 2. The summed E-state index contributed by atoms with van der Waals surface area (Å²) in [6, 6.07) is 3.87. The van der Waals surface area contributed by atoms with Crippen molar-refractivity contribution in [1.29, 1.82) is 0 Å². The molecule has 3 heterocycles. The van der Waals surface area contributed by atoms with E-state index in [-0.39, 0.29) is 24.1 Å². The lowest BCUT2D eigenvalue weighted by Crippen LogP contribution is -2.36. The first-order valence-electron chi connectivity index (χ1n) is 12.9. The minimum Gasteiger partial charge on any atom is -0.394 e. The second-order valence-corrected chi connectivity index (χ2v) is 12.7. The zero-order chi connectivity index (χ0) is 26.7. The summed E-state index contributed by atoms with van der Waals surface area (Å²) in [5, 5.41) is 19.6. The third-order valence-electron chi connectivity index (χ3n) is 7.23. The van der Waals surface area contributed by atoms with E-state index >= 15 is 0 Å². The molecule has 2 aliphatic rings. The lowest BCUT2D eigenvalue weighted by molar-refractivity contribution is 0.221. The van der Waals surface area contributed by atoms with Crippen molar-refractivity contribution >= 4 is 37.4 Å². The van der Waals surface area contributed by atoms with E-state index < -0.39 is 15.7 Å². The van der Waals surface area contributed by atoms with Crippen molar-refractivity contribution in [2.75, 3.05) is 18.5 Å². The van der Waals surface area contributed by atoms with Gasteiger partial charge in [0.05, 0.1) is 36.1 Å². The molecular weight excluding hydrogens is 507 g/mol. The Hall–Kier alpha value is -3.15. The Morgan fingerprint density at radius 1 is 1.16 bits per heavy atom. The molecule has 38 heavy (non-hydrogen) atoms. The largest absolute Gasteiger partial charge is 0.394 e. The SMILES string of the molecule is CC(C)(F)CNS(=O)(=O)c1c2c(cc3cnc(C4CC4)cc13)C[C@@H](Nc1cncc3nn(CCO)cc13)C2. The molecule has 0 spiro atoms. The number of sulfonamides is 1. The van der Waals surface area contributed by atoms with Gasteiger partial charge in [-0.3, -0.25) is 14.6 Å². The smallest absolute Gasteiger partial charge is 0.241 e. The first kappa shape index (κ1) is 25.1. The van der Waals surface area contributed by atoms with Crippen molar-refractivity contribution in [2.45, 2.75) is 68.6 Å². The van der Waals surface area contributed by atoms with Crippen LogP contribution in [0.1, 0.15) is 49.4 Å². The summed E-state index contributed by atoms with van der Waals surface area (Å²) in [6.45, 7) is 2.77. The number of rotatable bonds is 9. The highest BCUT2D eigenvalue weighted by Gasteiger charge is 2.34. The van der Waals surface area contributed by atoms with E-state index in [9.17, 15) is 17.9 Å². The van der Waals surface area contributed by atoms with Gasteiger partial charge >= 0.3 is 0 Å². The molecule has 11 heteroatoms. The molecule has 1 fully saturated rings. The van der Waals surface area contributed by atoms with Crippen LogP contribution in [0.4, 0.5) is 10.1 Å². The van der Waals surface area contributed by atoms with Crippen LogP contribution in [0.3, 0.4) is 0 Å². The molecule has 3 N–H and O–H groups in total. The van der Waals surface area contributed by atoms with Crippen LogP contribution in [-0.2, 0) is 29.4 Å². The maximum atomic E-state index is 14.3. The highest BCUT2D eigenvalue weighted by Crippen LogP contribution is 2.42. The van der Waals surface area contributed by atoms with Gasteiger partial charge in [-0.05, 0) is 62.8 Å². The summed E-state index contributed by atoms with van der Waals surface area (Å²) in [4.78, 5) is 9.15. The highest BCUT2D eigenvalue weighted by atomic mass is 32.2. The Kier molecular flexibility index (Phi) is 6.12. The predicted octanol–water partition coefficient (Wildman–Crippen LogP) is 3.45. The molecule has 0 bridgehead atoms. The summed E-state index contributed by atoms with van der Waals surface area (Å²) in [6.07, 6.45) is 10.3. The highest BCUT2D eigenvalue weighted by molar-refractivity contribution is 7.89. The number of aliphatic hydroxyl groups is 1. The zero-order valence-corrected chi connectivity index (χ0v) is 22.2. The summed E-state index contributed by atoms with van der Waals surface area (Å²) in [5.41, 5.74) is 2.43. The first-order valence-corrected chi connectivity index (χ1v) is 14.4. The van der Waals surface area contributed by atoms with Crippen molar-refractivity contribution in [2.24, 2.45) is 0 Å². The maximum Gasteiger partial charge on any atom is 0.241 e. The molecule has 6 rings (SSSR count). The number of nitrogens with one attached hydrogen (secondary N) is 2. The maximum absolute atomic E-state index is 14.3. The number of hydrogen-bond donors (Lipinski definition) is 3. The molecule has 1 saturated carbocycles. The van der Waals surface area contributed by atoms with Crippen molar-refractivity contribution in [1.82, 2.24) is 24.5 Å². The number of anilines is 1. The Morgan fingerprint density at radius 3 is 2.71 bits per heavy atom. The van der Waals surface area contributed by atoms with Crippen LogP contribution in [0.25, 0.3) is 21.7 Å². The Labute approximate surface area is 220 Å². The number of hydrogen-bond acceptors (Lipinski definition) is 7. The molecule has 200 valence electrons. The molecule has 9 nitrogen and oxygen atoms in total. The van der Waals surface area contributed by atoms with Crippen LogP contribution in [0.5, 0.6) is 0 Å². The van der Waals surface area contributed by atoms with Gasteiger partial charge in [0.25, 0.3) is 0 Å². The van der Waals surface area contributed by atoms with Crippen LogP contribution >= 0.6 is 0 Å². The molecule has 1 aromatic carbocycles. The fraction of sp³-hybridized carbons (Fsp3) is 0.444. The molecule has 1 atom stereocenters. The van der Waals surface area contributed by atoms with Crippen molar-refractivity contribution in [3.63, 3.8) is 0 Å².